The predicted octanol–water partition coefficient (Wildman–Crippen LogP) is 3.76. The molecule has 0 radical (unpaired) electrons. The van der Waals surface area contributed by atoms with Crippen LogP contribution < -0.4 is 10.5 Å². The van der Waals surface area contributed by atoms with Crippen LogP contribution in [-0.4, -0.2) is 6.61 Å². The zero-order valence-corrected chi connectivity index (χ0v) is 11.7. The van der Waals surface area contributed by atoms with Gasteiger partial charge >= 0.3 is 0 Å². The molecule has 0 saturated carbocycles. The quantitative estimate of drug-likeness (QED) is 0.889. The maximum atomic E-state index is 6.35. The molecule has 0 saturated heterocycles. The van der Waals surface area contributed by atoms with Crippen LogP contribution in [-0.2, 0) is 6.42 Å². The molecule has 1 aromatic carbocycles. The Morgan fingerprint density at radius 3 is 2.61 bits per heavy atom. The third kappa shape index (κ3) is 2.74. The molecular formula is C15H19NOS. The van der Waals surface area contributed by atoms with Gasteiger partial charge in [0.1, 0.15) is 5.75 Å². The maximum Gasteiger partial charge on any atom is 0.124 e. The summed E-state index contributed by atoms with van der Waals surface area (Å²) in [6.45, 7) is 4.81. The number of rotatable bonds is 5. The Balaban J connectivity index is 2.29. The second-order valence-electron chi connectivity index (χ2n) is 4.11. The average molecular weight is 261 g/mol. The van der Waals surface area contributed by atoms with E-state index in [-0.39, 0.29) is 6.04 Å². The van der Waals surface area contributed by atoms with Crippen molar-refractivity contribution < 1.29 is 4.74 Å². The van der Waals surface area contributed by atoms with Crippen molar-refractivity contribution in [1.82, 2.24) is 0 Å². The van der Waals surface area contributed by atoms with Crippen LogP contribution in [0.25, 0.3) is 0 Å². The Labute approximate surface area is 112 Å². The number of para-hydroxylation sites is 1. The molecule has 0 amide bonds. The Morgan fingerprint density at radius 2 is 1.94 bits per heavy atom. The molecule has 0 aliphatic rings. The van der Waals surface area contributed by atoms with Gasteiger partial charge in [-0.05, 0) is 31.5 Å². The fraction of sp³-hybridized carbons (Fsp3) is 0.333. The summed E-state index contributed by atoms with van der Waals surface area (Å²) in [7, 11) is 0. The maximum absolute atomic E-state index is 6.35. The monoisotopic (exact) mass is 261 g/mol. The number of thiophene rings is 1. The minimum absolute atomic E-state index is 0.0990. The molecule has 0 bridgehead atoms. The van der Waals surface area contributed by atoms with E-state index in [2.05, 4.69) is 19.1 Å². The molecule has 1 atom stereocenters. The second kappa shape index (κ2) is 6.03. The van der Waals surface area contributed by atoms with E-state index in [1.807, 2.05) is 31.2 Å². The van der Waals surface area contributed by atoms with Gasteiger partial charge in [-0.3, -0.25) is 0 Å². The molecule has 1 aromatic heterocycles. The molecular weight excluding hydrogens is 242 g/mol. The van der Waals surface area contributed by atoms with Crippen LogP contribution in [0.1, 0.15) is 35.2 Å². The number of hydrogen-bond donors (Lipinski definition) is 1. The van der Waals surface area contributed by atoms with Gasteiger partial charge in [0.05, 0.1) is 12.6 Å². The summed E-state index contributed by atoms with van der Waals surface area (Å²) < 4.78 is 5.64. The lowest BCUT2D eigenvalue weighted by molar-refractivity contribution is 0.335. The van der Waals surface area contributed by atoms with Crippen LogP contribution in [0, 0.1) is 0 Å². The van der Waals surface area contributed by atoms with Gasteiger partial charge in [-0.1, -0.05) is 25.1 Å². The molecule has 18 heavy (non-hydrogen) atoms. The molecule has 0 aliphatic carbocycles. The second-order valence-corrected chi connectivity index (χ2v) is 5.31. The van der Waals surface area contributed by atoms with Crippen molar-refractivity contribution in [1.29, 1.82) is 0 Å². The molecule has 2 nitrogen and oxygen atoms in total. The van der Waals surface area contributed by atoms with E-state index in [4.69, 9.17) is 10.5 Å². The number of aryl methyl sites for hydroxylation is 1. The lowest BCUT2D eigenvalue weighted by atomic mass is 10.1. The number of benzene rings is 1. The van der Waals surface area contributed by atoms with Gasteiger partial charge in [-0.25, -0.2) is 0 Å². The fourth-order valence-corrected chi connectivity index (χ4v) is 2.90. The van der Waals surface area contributed by atoms with E-state index in [0.29, 0.717) is 6.61 Å². The Kier molecular flexibility index (Phi) is 4.39. The van der Waals surface area contributed by atoms with E-state index < -0.39 is 0 Å². The normalized spacial score (nSPS) is 12.4. The van der Waals surface area contributed by atoms with Crippen molar-refractivity contribution >= 4 is 11.3 Å². The van der Waals surface area contributed by atoms with Crippen LogP contribution >= 0.6 is 11.3 Å². The number of hydrogen-bond acceptors (Lipinski definition) is 3. The van der Waals surface area contributed by atoms with Crippen molar-refractivity contribution in [3.8, 4) is 5.75 Å². The van der Waals surface area contributed by atoms with Gasteiger partial charge in [0.25, 0.3) is 0 Å². The molecule has 2 rings (SSSR count). The molecule has 2 aromatic rings. The van der Waals surface area contributed by atoms with E-state index in [1.165, 1.54) is 9.75 Å². The van der Waals surface area contributed by atoms with Gasteiger partial charge in [-0.15, -0.1) is 11.3 Å². The average Bonchev–Trinajstić information content (AvgIpc) is 2.88. The number of ether oxygens (including phenoxy) is 1. The molecule has 1 unspecified atom stereocenters. The highest BCUT2D eigenvalue weighted by molar-refractivity contribution is 7.12. The summed E-state index contributed by atoms with van der Waals surface area (Å²) in [4.78, 5) is 2.56. The molecule has 96 valence electrons. The first-order chi connectivity index (χ1) is 8.76. The van der Waals surface area contributed by atoms with Crippen molar-refractivity contribution in [2.45, 2.75) is 26.3 Å². The third-order valence-electron chi connectivity index (χ3n) is 2.89. The highest BCUT2D eigenvalue weighted by atomic mass is 32.1. The SMILES string of the molecule is CCOc1ccccc1C(N)c1ccc(CC)s1. The smallest absolute Gasteiger partial charge is 0.124 e. The molecule has 0 aliphatic heterocycles. The van der Waals surface area contributed by atoms with Crippen molar-refractivity contribution in [3.63, 3.8) is 0 Å². The van der Waals surface area contributed by atoms with Crippen molar-refractivity contribution in [2.24, 2.45) is 5.73 Å². The minimum atomic E-state index is -0.0990. The summed E-state index contributed by atoms with van der Waals surface area (Å²) in [5.41, 5.74) is 7.40. The van der Waals surface area contributed by atoms with Crippen LogP contribution in [0.4, 0.5) is 0 Å². The van der Waals surface area contributed by atoms with Gasteiger partial charge in [0.15, 0.2) is 0 Å². The summed E-state index contributed by atoms with van der Waals surface area (Å²) in [5, 5.41) is 0. The largest absolute Gasteiger partial charge is 0.494 e. The van der Waals surface area contributed by atoms with Gasteiger partial charge in [0.2, 0.25) is 0 Å². The Morgan fingerprint density at radius 1 is 1.17 bits per heavy atom. The lowest BCUT2D eigenvalue weighted by Crippen LogP contribution is -2.12. The standard InChI is InChI=1S/C15H19NOS/c1-3-11-9-10-14(18-11)15(16)12-7-5-6-8-13(12)17-4-2/h5-10,15H,3-4,16H2,1-2H3. The molecule has 2 N–H and O–H groups in total. The third-order valence-corrected chi connectivity index (χ3v) is 4.20. The first-order valence-corrected chi connectivity index (χ1v) is 7.13. The zero-order valence-electron chi connectivity index (χ0n) is 10.8. The predicted molar refractivity (Wildman–Crippen MR) is 77.3 cm³/mol. The fourth-order valence-electron chi connectivity index (χ4n) is 1.93. The number of nitrogens with two attached hydrogens (primary N) is 1. The van der Waals surface area contributed by atoms with Crippen LogP contribution in [0.3, 0.4) is 0 Å². The summed E-state index contributed by atoms with van der Waals surface area (Å²) >= 11 is 1.78. The highest BCUT2D eigenvalue weighted by Gasteiger charge is 2.15. The zero-order chi connectivity index (χ0) is 13.0. The lowest BCUT2D eigenvalue weighted by Gasteiger charge is -2.15. The van der Waals surface area contributed by atoms with Crippen LogP contribution in [0.15, 0.2) is 36.4 Å². The highest BCUT2D eigenvalue weighted by Crippen LogP contribution is 2.32. The first-order valence-electron chi connectivity index (χ1n) is 6.32. The van der Waals surface area contributed by atoms with Crippen LogP contribution in [0.2, 0.25) is 0 Å². The minimum Gasteiger partial charge on any atom is -0.494 e. The van der Waals surface area contributed by atoms with Crippen molar-refractivity contribution in [3.05, 3.63) is 51.7 Å². The van der Waals surface area contributed by atoms with E-state index in [0.717, 1.165) is 17.7 Å². The summed E-state index contributed by atoms with van der Waals surface area (Å²) in [6.07, 6.45) is 1.06. The van der Waals surface area contributed by atoms with Crippen molar-refractivity contribution in [2.75, 3.05) is 6.61 Å². The molecule has 1 heterocycles. The van der Waals surface area contributed by atoms with E-state index in [1.54, 1.807) is 11.3 Å². The Hall–Kier alpha value is -1.32. The van der Waals surface area contributed by atoms with Crippen LogP contribution in [0.5, 0.6) is 5.75 Å². The summed E-state index contributed by atoms with van der Waals surface area (Å²) in [6, 6.07) is 12.2. The molecule has 0 spiro atoms. The van der Waals surface area contributed by atoms with Gasteiger partial charge in [0, 0.05) is 15.3 Å². The van der Waals surface area contributed by atoms with E-state index >= 15 is 0 Å². The molecule has 0 fully saturated rings. The summed E-state index contributed by atoms with van der Waals surface area (Å²) in [5.74, 6) is 0.888. The van der Waals surface area contributed by atoms with E-state index in [9.17, 15) is 0 Å². The topological polar surface area (TPSA) is 35.2 Å². The molecule has 3 heteroatoms. The van der Waals surface area contributed by atoms with Gasteiger partial charge in [-0.2, -0.15) is 0 Å². The first kappa shape index (κ1) is 13.1. The Bertz CT molecular complexity index is 507. The van der Waals surface area contributed by atoms with Gasteiger partial charge < -0.3 is 10.5 Å².